The number of piperazine rings is 1. The number of rotatable bonds is 4. The Balaban J connectivity index is 0.00000210. The van der Waals surface area contributed by atoms with E-state index in [1.54, 1.807) is 0 Å². The summed E-state index contributed by atoms with van der Waals surface area (Å²) in [7, 11) is 0. The Kier molecular flexibility index (Phi) is 6.47. The summed E-state index contributed by atoms with van der Waals surface area (Å²) in [4.78, 5) is 21.7. The largest absolute Gasteiger partial charge is 0.312 e. The van der Waals surface area contributed by atoms with E-state index < -0.39 is 0 Å². The highest BCUT2D eigenvalue weighted by atomic mass is 35.5. The molecule has 0 saturated carbocycles. The van der Waals surface area contributed by atoms with Crippen molar-refractivity contribution >= 4 is 24.0 Å². The van der Waals surface area contributed by atoms with Crippen LogP contribution in [0.4, 0.5) is 5.69 Å². The van der Waals surface area contributed by atoms with Crippen molar-refractivity contribution in [1.82, 2.24) is 15.2 Å². The van der Waals surface area contributed by atoms with Crippen molar-refractivity contribution in [2.24, 2.45) is 0 Å². The first-order chi connectivity index (χ1) is 12.7. The summed E-state index contributed by atoms with van der Waals surface area (Å²) in [6.07, 6.45) is 3.65. The van der Waals surface area contributed by atoms with E-state index >= 15 is 0 Å². The van der Waals surface area contributed by atoms with Crippen LogP contribution in [0.2, 0.25) is 0 Å². The molecule has 2 aliphatic heterocycles. The molecule has 0 radical (unpaired) electrons. The van der Waals surface area contributed by atoms with Crippen LogP contribution < -0.4 is 10.2 Å². The van der Waals surface area contributed by atoms with Gasteiger partial charge in [-0.05, 0) is 30.5 Å². The van der Waals surface area contributed by atoms with E-state index in [4.69, 9.17) is 0 Å². The third-order valence-corrected chi connectivity index (χ3v) is 5.25. The standard InChI is InChI=1S/C21H26N4O.ClH/c1-16-14-24(10-8-22-16)15-21(26)25-9-7-18-13-23-19(12-20(18)25)11-17-5-3-2-4-6-17;/h2-6,12-13,16,22H,7-11,14-15H2,1H3;1H/t16-;/m1./s1. The summed E-state index contributed by atoms with van der Waals surface area (Å²) in [6.45, 7) is 6.27. The fraction of sp³-hybridized carbons (Fsp3) is 0.429. The van der Waals surface area contributed by atoms with Crippen LogP contribution in [0.5, 0.6) is 0 Å². The van der Waals surface area contributed by atoms with Gasteiger partial charge in [0.2, 0.25) is 5.91 Å². The number of benzene rings is 1. The van der Waals surface area contributed by atoms with E-state index in [-0.39, 0.29) is 18.3 Å². The number of halogens is 1. The molecular weight excluding hydrogens is 360 g/mol. The molecule has 0 bridgehead atoms. The predicted molar refractivity (Wildman–Crippen MR) is 111 cm³/mol. The summed E-state index contributed by atoms with van der Waals surface area (Å²) >= 11 is 0. The van der Waals surface area contributed by atoms with Crippen LogP contribution in [0.15, 0.2) is 42.6 Å². The van der Waals surface area contributed by atoms with Gasteiger partial charge in [0.05, 0.1) is 12.2 Å². The Morgan fingerprint density at radius 1 is 1.26 bits per heavy atom. The van der Waals surface area contributed by atoms with Gasteiger partial charge in [0.25, 0.3) is 0 Å². The Hall–Kier alpha value is -1.95. The van der Waals surface area contributed by atoms with E-state index in [0.29, 0.717) is 12.6 Å². The monoisotopic (exact) mass is 386 g/mol. The highest BCUT2D eigenvalue weighted by Crippen LogP contribution is 2.29. The molecule has 144 valence electrons. The first-order valence-corrected chi connectivity index (χ1v) is 9.47. The van der Waals surface area contributed by atoms with E-state index in [2.05, 4.69) is 40.3 Å². The predicted octanol–water partition coefficient (Wildman–Crippen LogP) is 2.28. The zero-order valence-corrected chi connectivity index (χ0v) is 16.5. The molecule has 1 aromatic heterocycles. The molecule has 1 atom stereocenters. The molecule has 1 fully saturated rings. The van der Waals surface area contributed by atoms with E-state index in [0.717, 1.165) is 50.4 Å². The fourth-order valence-electron chi connectivity index (χ4n) is 3.90. The number of nitrogens with one attached hydrogen (secondary N) is 1. The Bertz CT molecular complexity index is 783. The topological polar surface area (TPSA) is 48.5 Å². The molecule has 0 unspecified atom stereocenters. The minimum Gasteiger partial charge on any atom is -0.312 e. The summed E-state index contributed by atoms with van der Waals surface area (Å²) in [5.74, 6) is 0.203. The number of hydrogen-bond donors (Lipinski definition) is 1. The molecule has 0 spiro atoms. The average molecular weight is 387 g/mol. The molecule has 5 nitrogen and oxygen atoms in total. The number of aromatic nitrogens is 1. The lowest BCUT2D eigenvalue weighted by molar-refractivity contribution is -0.119. The number of fused-ring (bicyclic) bond motifs is 1. The molecule has 3 heterocycles. The van der Waals surface area contributed by atoms with Crippen LogP contribution >= 0.6 is 12.4 Å². The third kappa shape index (κ3) is 4.67. The lowest BCUT2D eigenvalue weighted by atomic mass is 10.1. The molecule has 2 aliphatic rings. The second-order valence-electron chi connectivity index (χ2n) is 7.35. The highest BCUT2D eigenvalue weighted by Gasteiger charge is 2.27. The zero-order chi connectivity index (χ0) is 17.9. The van der Waals surface area contributed by atoms with E-state index in [1.165, 1.54) is 11.1 Å². The fourth-order valence-corrected chi connectivity index (χ4v) is 3.90. The van der Waals surface area contributed by atoms with Crippen molar-refractivity contribution in [1.29, 1.82) is 0 Å². The van der Waals surface area contributed by atoms with Crippen molar-refractivity contribution in [3.63, 3.8) is 0 Å². The van der Waals surface area contributed by atoms with Gasteiger partial charge in [-0.15, -0.1) is 12.4 Å². The maximum absolute atomic E-state index is 12.9. The number of anilines is 1. The van der Waals surface area contributed by atoms with Crippen molar-refractivity contribution in [2.75, 3.05) is 37.6 Å². The Morgan fingerprint density at radius 2 is 2.07 bits per heavy atom. The molecule has 27 heavy (non-hydrogen) atoms. The molecule has 1 amide bonds. The molecule has 1 aromatic carbocycles. The molecule has 1 N–H and O–H groups in total. The Morgan fingerprint density at radius 3 is 2.85 bits per heavy atom. The summed E-state index contributed by atoms with van der Waals surface area (Å²) < 4.78 is 0. The summed E-state index contributed by atoms with van der Waals surface area (Å²) in [6, 6.07) is 12.9. The van der Waals surface area contributed by atoms with Crippen molar-refractivity contribution in [3.05, 3.63) is 59.4 Å². The summed E-state index contributed by atoms with van der Waals surface area (Å²) in [5, 5.41) is 3.43. The van der Waals surface area contributed by atoms with Gasteiger partial charge < -0.3 is 10.2 Å². The first kappa shape index (κ1) is 19.8. The molecule has 1 saturated heterocycles. The maximum atomic E-state index is 12.9. The third-order valence-electron chi connectivity index (χ3n) is 5.25. The van der Waals surface area contributed by atoms with Gasteiger partial charge in [0.15, 0.2) is 0 Å². The molecule has 6 heteroatoms. The SMILES string of the molecule is C[C@@H]1CN(CC(=O)N2CCc3cnc(Cc4ccccc4)cc32)CCN1.Cl. The smallest absolute Gasteiger partial charge is 0.241 e. The maximum Gasteiger partial charge on any atom is 0.241 e. The van der Waals surface area contributed by atoms with E-state index in [1.807, 2.05) is 29.3 Å². The highest BCUT2D eigenvalue weighted by molar-refractivity contribution is 5.96. The van der Waals surface area contributed by atoms with Crippen LogP contribution in [0, 0.1) is 0 Å². The average Bonchev–Trinajstić information content (AvgIpc) is 3.06. The van der Waals surface area contributed by atoms with Crippen LogP contribution in [-0.2, 0) is 17.6 Å². The molecular formula is C21H27ClN4O. The minimum absolute atomic E-state index is 0. The van der Waals surface area contributed by atoms with Gasteiger partial charge in [0, 0.05) is 50.5 Å². The van der Waals surface area contributed by atoms with Gasteiger partial charge in [-0.3, -0.25) is 14.7 Å². The number of carbonyl (C=O) groups excluding carboxylic acids is 1. The van der Waals surface area contributed by atoms with Gasteiger partial charge in [-0.1, -0.05) is 30.3 Å². The minimum atomic E-state index is 0. The number of carbonyl (C=O) groups is 1. The van der Waals surface area contributed by atoms with Gasteiger partial charge in [-0.25, -0.2) is 0 Å². The second kappa shape index (κ2) is 8.83. The van der Waals surface area contributed by atoms with Crippen molar-refractivity contribution in [3.8, 4) is 0 Å². The number of nitrogens with zero attached hydrogens (tertiary/aromatic N) is 3. The van der Waals surface area contributed by atoms with Crippen molar-refractivity contribution < 1.29 is 4.79 Å². The lowest BCUT2D eigenvalue weighted by Crippen LogP contribution is -2.52. The van der Waals surface area contributed by atoms with Crippen LogP contribution in [0.3, 0.4) is 0 Å². The normalized spacial score (nSPS) is 19.4. The van der Waals surface area contributed by atoms with Crippen molar-refractivity contribution in [2.45, 2.75) is 25.8 Å². The van der Waals surface area contributed by atoms with E-state index in [9.17, 15) is 4.79 Å². The zero-order valence-electron chi connectivity index (χ0n) is 15.7. The van der Waals surface area contributed by atoms with Crippen LogP contribution in [0.1, 0.15) is 23.7 Å². The number of hydrogen-bond acceptors (Lipinski definition) is 4. The van der Waals surface area contributed by atoms with Gasteiger partial charge >= 0.3 is 0 Å². The number of amides is 1. The lowest BCUT2D eigenvalue weighted by Gasteiger charge is -2.32. The number of pyridine rings is 1. The molecule has 0 aliphatic carbocycles. The Labute approximate surface area is 167 Å². The molecule has 4 rings (SSSR count). The molecule has 2 aromatic rings. The van der Waals surface area contributed by atoms with Gasteiger partial charge in [0.1, 0.15) is 0 Å². The summed E-state index contributed by atoms with van der Waals surface area (Å²) in [5.41, 5.74) is 4.50. The quantitative estimate of drug-likeness (QED) is 0.875. The first-order valence-electron chi connectivity index (χ1n) is 9.47. The van der Waals surface area contributed by atoms with Crippen LogP contribution in [0.25, 0.3) is 0 Å². The van der Waals surface area contributed by atoms with Gasteiger partial charge in [-0.2, -0.15) is 0 Å². The second-order valence-corrected chi connectivity index (χ2v) is 7.35. The van der Waals surface area contributed by atoms with Crippen LogP contribution in [-0.4, -0.2) is 54.6 Å².